The first-order chi connectivity index (χ1) is 9.99. The number of nitrogens with one attached hydrogen (secondary N) is 2. The average molecular weight is 414 g/mol. The number of para-hydroxylation sites is 1. The molecule has 0 saturated heterocycles. The number of hydrogen-bond acceptors (Lipinski definition) is 1. The SMILES string of the molecule is CN=C(NCCCn1ccc2ccccc21)NC(C)(C)C.I. The van der Waals surface area contributed by atoms with Gasteiger partial charge >= 0.3 is 0 Å². The van der Waals surface area contributed by atoms with Crippen molar-refractivity contribution in [3.8, 4) is 0 Å². The maximum Gasteiger partial charge on any atom is 0.191 e. The van der Waals surface area contributed by atoms with Crippen molar-refractivity contribution >= 4 is 40.8 Å². The van der Waals surface area contributed by atoms with Crippen LogP contribution in [0.15, 0.2) is 41.5 Å². The number of fused-ring (bicyclic) bond motifs is 1. The second kappa shape index (κ2) is 8.41. The number of aromatic nitrogens is 1. The van der Waals surface area contributed by atoms with Crippen LogP contribution >= 0.6 is 24.0 Å². The van der Waals surface area contributed by atoms with Crippen molar-refractivity contribution in [3.63, 3.8) is 0 Å². The van der Waals surface area contributed by atoms with Crippen molar-refractivity contribution in [1.82, 2.24) is 15.2 Å². The molecular weight excluding hydrogens is 387 g/mol. The lowest BCUT2D eigenvalue weighted by molar-refractivity contribution is 0.499. The van der Waals surface area contributed by atoms with Crippen LogP contribution in [0.4, 0.5) is 0 Å². The monoisotopic (exact) mass is 414 g/mol. The molecule has 1 heterocycles. The summed E-state index contributed by atoms with van der Waals surface area (Å²) in [7, 11) is 1.81. The summed E-state index contributed by atoms with van der Waals surface area (Å²) in [5, 5.41) is 8.02. The minimum absolute atomic E-state index is 0. The molecule has 1 aromatic heterocycles. The lowest BCUT2D eigenvalue weighted by atomic mass is 10.1. The fourth-order valence-electron chi connectivity index (χ4n) is 2.33. The number of aliphatic imine (C=N–C) groups is 1. The quantitative estimate of drug-likeness (QED) is 0.347. The van der Waals surface area contributed by atoms with Crippen molar-refractivity contribution in [3.05, 3.63) is 36.5 Å². The van der Waals surface area contributed by atoms with Gasteiger partial charge in [-0.3, -0.25) is 4.99 Å². The summed E-state index contributed by atoms with van der Waals surface area (Å²) in [5.74, 6) is 0.861. The van der Waals surface area contributed by atoms with E-state index in [9.17, 15) is 0 Å². The highest BCUT2D eigenvalue weighted by Gasteiger charge is 2.11. The Morgan fingerprint density at radius 1 is 1.18 bits per heavy atom. The standard InChI is InChI=1S/C17H26N4.HI/c1-17(2,3)20-16(18-4)19-11-7-12-21-13-10-14-8-5-6-9-15(14)21;/h5-6,8-10,13H,7,11-12H2,1-4H3,(H2,18,19,20);1H. The molecule has 1 aromatic carbocycles. The minimum Gasteiger partial charge on any atom is -0.356 e. The summed E-state index contributed by atoms with van der Waals surface area (Å²) < 4.78 is 2.30. The van der Waals surface area contributed by atoms with E-state index < -0.39 is 0 Å². The Balaban J connectivity index is 0.00000242. The molecule has 0 atom stereocenters. The lowest BCUT2D eigenvalue weighted by Crippen LogP contribution is -2.47. The first-order valence-corrected chi connectivity index (χ1v) is 7.52. The van der Waals surface area contributed by atoms with Crippen LogP contribution in [0.2, 0.25) is 0 Å². The van der Waals surface area contributed by atoms with Gasteiger partial charge in [-0.2, -0.15) is 0 Å². The molecule has 0 unspecified atom stereocenters. The number of benzene rings is 1. The fourth-order valence-corrected chi connectivity index (χ4v) is 2.33. The van der Waals surface area contributed by atoms with E-state index in [1.54, 1.807) is 7.05 Å². The third-order valence-corrected chi connectivity index (χ3v) is 3.27. The number of guanidine groups is 1. The molecule has 122 valence electrons. The van der Waals surface area contributed by atoms with Gasteiger partial charge in [0, 0.05) is 37.4 Å². The fraction of sp³-hybridized carbons (Fsp3) is 0.471. The molecule has 0 spiro atoms. The Bertz CT molecular complexity index is 610. The molecule has 22 heavy (non-hydrogen) atoms. The molecule has 2 N–H and O–H groups in total. The van der Waals surface area contributed by atoms with Crippen LogP contribution in [0, 0.1) is 0 Å². The number of rotatable bonds is 4. The lowest BCUT2D eigenvalue weighted by Gasteiger charge is -2.23. The van der Waals surface area contributed by atoms with Crippen LogP contribution < -0.4 is 10.6 Å². The van der Waals surface area contributed by atoms with E-state index in [1.165, 1.54) is 10.9 Å². The highest BCUT2D eigenvalue weighted by Crippen LogP contribution is 2.15. The smallest absolute Gasteiger partial charge is 0.191 e. The van der Waals surface area contributed by atoms with Gasteiger partial charge in [-0.25, -0.2) is 0 Å². The van der Waals surface area contributed by atoms with Gasteiger partial charge in [0.15, 0.2) is 5.96 Å². The molecule has 0 aliphatic heterocycles. The Kier molecular flexibility index (Phi) is 7.19. The zero-order valence-electron chi connectivity index (χ0n) is 13.9. The summed E-state index contributed by atoms with van der Waals surface area (Å²) >= 11 is 0. The van der Waals surface area contributed by atoms with Crippen molar-refractivity contribution in [1.29, 1.82) is 0 Å². The maximum atomic E-state index is 4.25. The zero-order valence-corrected chi connectivity index (χ0v) is 16.2. The van der Waals surface area contributed by atoms with Gasteiger partial charge in [-0.1, -0.05) is 18.2 Å². The molecule has 0 amide bonds. The van der Waals surface area contributed by atoms with Crippen LogP contribution in [0.25, 0.3) is 10.9 Å². The average Bonchev–Trinajstić information content (AvgIpc) is 2.84. The summed E-state index contributed by atoms with van der Waals surface area (Å²) in [6.07, 6.45) is 3.22. The van der Waals surface area contributed by atoms with E-state index in [0.717, 1.165) is 25.5 Å². The Hall–Kier alpha value is -1.24. The molecule has 0 saturated carbocycles. The summed E-state index contributed by atoms with van der Waals surface area (Å²) in [6.45, 7) is 8.30. The van der Waals surface area contributed by atoms with E-state index in [0.29, 0.717) is 0 Å². The normalized spacial score (nSPS) is 12.1. The van der Waals surface area contributed by atoms with Gasteiger partial charge in [0.05, 0.1) is 0 Å². The van der Waals surface area contributed by atoms with E-state index in [-0.39, 0.29) is 29.5 Å². The van der Waals surface area contributed by atoms with Gasteiger partial charge in [0.1, 0.15) is 0 Å². The minimum atomic E-state index is 0. The molecule has 0 radical (unpaired) electrons. The van der Waals surface area contributed by atoms with Crippen LogP contribution in [0.1, 0.15) is 27.2 Å². The van der Waals surface area contributed by atoms with Crippen molar-refractivity contribution < 1.29 is 0 Å². The molecule has 2 aromatic rings. The van der Waals surface area contributed by atoms with Crippen LogP contribution in [0.3, 0.4) is 0 Å². The molecule has 0 fully saturated rings. The Morgan fingerprint density at radius 2 is 1.91 bits per heavy atom. The highest BCUT2D eigenvalue weighted by atomic mass is 127. The number of nitrogens with zero attached hydrogens (tertiary/aromatic N) is 2. The Labute approximate surface area is 150 Å². The zero-order chi connectivity index (χ0) is 15.3. The van der Waals surface area contributed by atoms with Crippen molar-refractivity contribution in [2.45, 2.75) is 39.3 Å². The van der Waals surface area contributed by atoms with Crippen LogP contribution in [-0.4, -0.2) is 29.7 Å². The molecule has 0 bridgehead atoms. The molecule has 0 aliphatic rings. The van der Waals surface area contributed by atoms with E-state index in [2.05, 4.69) is 77.5 Å². The van der Waals surface area contributed by atoms with Crippen LogP contribution in [-0.2, 0) is 6.54 Å². The summed E-state index contributed by atoms with van der Waals surface area (Å²) in [5.41, 5.74) is 1.33. The van der Waals surface area contributed by atoms with Crippen molar-refractivity contribution in [2.24, 2.45) is 4.99 Å². The van der Waals surface area contributed by atoms with Gasteiger partial charge in [-0.05, 0) is 44.7 Å². The second-order valence-corrected chi connectivity index (χ2v) is 6.30. The summed E-state index contributed by atoms with van der Waals surface area (Å²) in [6, 6.07) is 10.7. The first-order valence-electron chi connectivity index (χ1n) is 7.52. The molecule has 5 heteroatoms. The largest absolute Gasteiger partial charge is 0.356 e. The topological polar surface area (TPSA) is 41.4 Å². The van der Waals surface area contributed by atoms with Crippen molar-refractivity contribution in [2.75, 3.05) is 13.6 Å². The predicted molar refractivity (Wildman–Crippen MR) is 106 cm³/mol. The van der Waals surface area contributed by atoms with Gasteiger partial charge in [0.25, 0.3) is 0 Å². The third kappa shape index (κ3) is 5.51. The number of aryl methyl sites for hydroxylation is 1. The highest BCUT2D eigenvalue weighted by molar-refractivity contribution is 14.0. The number of halogens is 1. The third-order valence-electron chi connectivity index (χ3n) is 3.27. The number of hydrogen-bond donors (Lipinski definition) is 2. The second-order valence-electron chi connectivity index (χ2n) is 6.30. The first kappa shape index (κ1) is 18.8. The summed E-state index contributed by atoms with van der Waals surface area (Å²) in [4.78, 5) is 4.25. The Morgan fingerprint density at radius 3 is 2.59 bits per heavy atom. The van der Waals surface area contributed by atoms with E-state index >= 15 is 0 Å². The predicted octanol–water partition coefficient (Wildman–Crippen LogP) is 3.61. The van der Waals surface area contributed by atoms with Gasteiger partial charge < -0.3 is 15.2 Å². The maximum absolute atomic E-state index is 4.25. The molecular formula is C17H27IN4. The molecule has 0 aliphatic carbocycles. The van der Waals surface area contributed by atoms with Gasteiger partial charge in [0.2, 0.25) is 0 Å². The van der Waals surface area contributed by atoms with E-state index in [1.807, 2.05) is 0 Å². The van der Waals surface area contributed by atoms with E-state index in [4.69, 9.17) is 0 Å². The van der Waals surface area contributed by atoms with Crippen LogP contribution in [0.5, 0.6) is 0 Å². The molecule has 4 nitrogen and oxygen atoms in total. The molecule has 2 rings (SSSR count). The van der Waals surface area contributed by atoms with Gasteiger partial charge in [-0.15, -0.1) is 24.0 Å².